The second-order valence-electron chi connectivity index (χ2n) is 4.07. The summed E-state index contributed by atoms with van der Waals surface area (Å²) in [5.41, 5.74) is 0.732. The van der Waals surface area contributed by atoms with E-state index in [-0.39, 0.29) is 5.69 Å². The van der Waals surface area contributed by atoms with E-state index in [1.165, 1.54) is 12.1 Å². The summed E-state index contributed by atoms with van der Waals surface area (Å²) in [4.78, 5) is 10.4. The van der Waals surface area contributed by atoms with Gasteiger partial charge in [0.15, 0.2) is 0 Å². The number of benzene rings is 1. The number of nitrogens with zero attached hydrogens (tertiary/aromatic N) is 1. The van der Waals surface area contributed by atoms with Crippen molar-refractivity contribution in [3.63, 3.8) is 0 Å². The lowest BCUT2D eigenvalue weighted by molar-refractivity contribution is -0.384. The number of hydrogen-bond acceptors (Lipinski definition) is 5. The van der Waals surface area contributed by atoms with Gasteiger partial charge in [-0.2, -0.15) is 0 Å². The lowest BCUT2D eigenvalue weighted by Gasteiger charge is -2.12. The second kappa shape index (κ2) is 8.31. The van der Waals surface area contributed by atoms with Gasteiger partial charge in [0.05, 0.1) is 17.2 Å². The Balaban J connectivity index is 2.75. The number of ether oxygens (including phenoxy) is 1. The quantitative estimate of drug-likeness (QED) is 0.408. The molecule has 0 aliphatic carbocycles. The van der Waals surface area contributed by atoms with E-state index in [2.05, 4.69) is 10.6 Å². The van der Waals surface area contributed by atoms with E-state index in [9.17, 15) is 10.1 Å². The summed E-state index contributed by atoms with van der Waals surface area (Å²) in [5, 5.41) is 17.1. The van der Waals surface area contributed by atoms with Crippen LogP contribution >= 0.6 is 0 Å². The minimum Gasteiger partial charge on any atom is -0.491 e. The Bertz CT molecular complexity index is 410. The highest BCUT2D eigenvalue weighted by Gasteiger charge is 2.11. The summed E-state index contributed by atoms with van der Waals surface area (Å²) < 4.78 is 5.57. The van der Waals surface area contributed by atoms with Crippen LogP contribution in [-0.4, -0.2) is 31.2 Å². The highest BCUT2D eigenvalue weighted by Crippen LogP contribution is 2.29. The number of likely N-dealkylation sites (N-methyl/N-ethyl adjacent to an activating group) is 1. The molecule has 6 nitrogen and oxygen atoms in total. The fraction of sp³-hybridized carbons (Fsp3) is 0.538. The van der Waals surface area contributed by atoms with Crippen molar-refractivity contribution >= 4 is 11.4 Å². The number of nitro benzene ring substituents is 1. The molecule has 106 valence electrons. The van der Waals surface area contributed by atoms with Gasteiger partial charge >= 0.3 is 0 Å². The molecule has 0 aromatic heterocycles. The van der Waals surface area contributed by atoms with Crippen molar-refractivity contribution in [2.45, 2.75) is 20.3 Å². The zero-order chi connectivity index (χ0) is 14.1. The lowest BCUT2D eigenvalue weighted by atomic mass is 10.2. The number of anilines is 1. The SMILES string of the molecule is CCCOc1ccc([N+](=O)[O-])cc1NCCNCC. The molecule has 6 heteroatoms. The molecular weight excluding hydrogens is 246 g/mol. The van der Waals surface area contributed by atoms with Crippen LogP contribution in [0.1, 0.15) is 20.3 Å². The molecule has 1 aromatic carbocycles. The molecule has 0 saturated heterocycles. The van der Waals surface area contributed by atoms with E-state index in [0.29, 0.717) is 24.6 Å². The first-order chi connectivity index (χ1) is 9.19. The Morgan fingerprint density at radius 1 is 1.32 bits per heavy atom. The molecule has 0 radical (unpaired) electrons. The van der Waals surface area contributed by atoms with Crippen LogP contribution in [0, 0.1) is 10.1 Å². The highest BCUT2D eigenvalue weighted by atomic mass is 16.6. The molecule has 0 spiro atoms. The largest absolute Gasteiger partial charge is 0.491 e. The van der Waals surface area contributed by atoms with E-state index in [0.717, 1.165) is 19.5 Å². The summed E-state index contributed by atoms with van der Waals surface area (Å²) in [7, 11) is 0. The van der Waals surface area contributed by atoms with Gasteiger partial charge in [-0.3, -0.25) is 10.1 Å². The standard InChI is InChI=1S/C13H21N3O3/c1-3-9-19-13-6-5-11(16(17)18)10-12(13)15-8-7-14-4-2/h5-6,10,14-15H,3-4,7-9H2,1-2H3. The first-order valence-corrected chi connectivity index (χ1v) is 6.54. The van der Waals surface area contributed by atoms with Crippen LogP contribution in [0.15, 0.2) is 18.2 Å². The molecule has 0 atom stereocenters. The normalized spacial score (nSPS) is 10.2. The van der Waals surface area contributed by atoms with Gasteiger partial charge in [0.25, 0.3) is 5.69 Å². The third-order valence-electron chi connectivity index (χ3n) is 2.50. The van der Waals surface area contributed by atoms with Gasteiger partial charge in [-0.15, -0.1) is 0 Å². The fourth-order valence-corrected chi connectivity index (χ4v) is 1.57. The fourth-order valence-electron chi connectivity index (χ4n) is 1.57. The molecule has 0 bridgehead atoms. The average Bonchev–Trinajstić information content (AvgIpc) is 2.41. The zero-order valence-corrected chi connectivity index (χ0v) is 11.4. The summed E-state index contributed by atoms with van der Waals surface area (Å²) in [6.45, 7) is 7.03. The van der Waals surface area contributed by atoms with E-state index in [4.69, 9.17) is 4.74 Å². The van der Waals surface area contributed by atoms with Gasteiger partial charge in [0.2, 0.25) is 0 Å². The molecule has 1 aromatic rings. The summed E-state index contributed by atoms with van der Waals surface area (Å²) in [6.07, 6.45) is 0.897. The molecule has 0 fully saturated rings. The molecular formula is C13H21N3O3. The predicted molar refractivity (Wildman–Crippen MR) is 75.9 cm³/mol. The molecule has 1 rings (SSSR count). The van der Waals surface area contributed by atoms with Gasteiger partial charge < -0.3 is 15.4 Å². The van der Waals surface area contributed by atoms with Gasteiger partial charge in [0, 0.05) is 25.2 Å². The zero-order valence-electron chi connectivity index (χ0n) is 11.4. The van der Waals surface area contributed by atoms with Gasteiger partial charge in [-0.25, -0.2) is 0 Å². The van der Waals surface area contributed by atoms with Gasteiger partial charge in [-0.1, -0.05) is 13.8 Å². The molecule has 0 aliphatic rings. The molecule has 0 amide bonds. The van der Waals surface area contributed by atoms with Crippen LogP contribution in [0.2, 0.25) is 0 Å². The van der Waals surface area contributed by atoms with Crippen molar-refractivity contribution in [2.75, 3.05) is 31.6 Å². The monoisotopic (exact) mass is 267 g/mol. The third kappa shape index (κ3) is 5.13. The summed E-state index contributed by atoms with van der Waals surface area (Å²) in [6, 6.07) is 4.61. The van der Waals surface area contributed by atoms with E-state index in [1.54, 1.807) is 6.07 Å². The van der Waals surface area contributed by atoms with Crippen LogP contribution < -0.4 is 15.4 Å². The van der Waals surface area contributed by atoms with Crippen molar-refractivity contribution in [1.82, 2.24) is 5.32 Å². The molecule has 0 unspecified atom stereocenters. The first kappa shape index (κ1) is 15.2. The number of nitrogens with one attached hydrogen (secondary N) is 2. The minimum absolute atomic E-state index is 0.0646. The topological polar surface area (TPSA) is 76.4 Å². The summed E-state index contributed by atoms with van der Waals surface area (Å²) in [5.74, 6) is 0.656. The number of hydrogen-bond donors (Lipinski definition) is 2. The summed E-state index contributed by atoms with van der Waals surface area (Å²) >= 11 is 0. The maximum atomic E-state index is 10.8. The molecule has 0 heterocycles. The van der Waals surface area contributed by atoms with E-state index in [1.807, 2.05) is 13.8 Å². The molecule has 0 saturated carbocycles. The first-order valence-electron chi connectivity index (χ1n) is 6.54. The van der Waals surface area contributed by atoms with Crippen molar-refractivity contribution in [1.29, 1.82) is 0 Å². The van der Waals surface area contributed by atoms with Crippen LogP contribution in [0.4, 0.5) is 11.4 Å². The number of non-ortho nitro benzene ring substituents is 1. The third-order valence-corrected chi connectivity index (χ3v) is 2.50. The second-order valence-corrected chi connectivity index (χ2v) is 4.07. The smallest absolute Gasteiger partial charge is 0.271 e. The van der Waals surface area contributed by atoms with Crippen LogP contribution in [0.5, 0.6) is 5.75 Å². The molecule has 0 aliphatic heterocycles. The van der Waals surface area contributed by atoms with Crippen molar-refractivity contribution < 1.29 is 9.66 Å². The molecule has 19 heavy (non-hydrogen) atoms. The Hall–Kier alpha value is -1.82. The maximum Gasteiger partial charge on any atom is 0.271 e. The van der Waals surface area contributed by atoms with Gasteiger partial charge in [0.1, 0.15) is 5.75 Å². The van der Waals surface area contributed by atoms with Crippen molar-refractivity contribution in [3.8, 4) is 5.75 Å². The predicted octanol–water partition coefficient (Wildman–Crippen LogP) is 2.41. The Labute approximate surface area is 113 Å². The van der Waals surface area contributed by atoms with E-state index >= 15 is 0 Å². The van der Waals surface area contributed by atoms with E-state index < -0.39 is 4.92 Å². The average molecular weight is 267 g/mol. The van der Waals surface area contributed by atoms with Crippen LogP contribution in [0.25, 0.3) is 0 Å². The van der Waals surface area contributed by atoms with Crippen molar-refractivity contribution in [3.05, 3.63) is 28.3 Å². The van der Waals surface area contributed by atoms with Crippen molar-refractivity contribution in [2.24, 2.45) is 0 Å². The van der Waals surface area contributed by atoms with Crippen LogP contribution in [-0.2, 0) is 0 Å². The molecule has 2 N–H and O–H groups in total. The number of nitro groups is 1. The maximum absolute atomic E-state index is 10.8. The minimum atomic E-state index is -0.404. The highest BCUT2D eigenvalue weighted by molar-refractivity contribution is 5.61. The Morgan fingerprint density at radius 2 is 2.11 bits per heavy atom. The Kier molecular flexibility index (Phi) is 6.67. The lowest BCUT2D eigenvalue weighted by Crippen LogP contribution is -2.21. The number of rotatable bonds is 9. The Morgan fingerprint density at radius 3 is 2.74 bits per heavy atom. The van der Waals surface area contributed by atoms with Gasteiger partial charge in [-0.05, 0) is 19.0 Å². The van der Waals surface area contributed by atoms with Crippen LogP contribution in [0.3, 0.4) is 0 Å².